The summed E-state index contributed by atoms with van der Waals surface area (Å²) in [7, 11) is 0. The highest BCUT2D eigenvalue weighted by atomic mass is 35.5. The lowest BCUT2D eigenvalue weighted by molar-refractivity contribution is -0.384. The lowest BCUT2D eigenvalue weighted by Crippen LogP contribution is -2.03. The summed E-state index contributed by atoms with van der Waals surface area (Å²) in [6.07, 6.45) is 0.110. The number of halogens is 1. The number of nitro benzene ring substituents is 1. The van der Waals surface area contributed by atoms with Crippen molar-refractivity contribution in [2.24, 2.45) is 0 Å². The van der Waals surface area contributed by atoms with Gasteiger partial charge < -0.3 is 5.11 Å². The second-order valence-electron chi connectivity index (χ2n) is 2.98. The van der Waals surface area contributed by atoms with Crippen molar-refractivity contribution in [3.63, 3.8) is 0 Å². The molecule has 5 heteroatoms. The maximum atomic E-state index is 10.3. The van der Waals surface area contributed by atoms with Crippen LogP contribution in [-0.2, 0) is 6.42 Å². The summed E-state index contributed by atoms with van der Waals surface area (Å²) >= 11 is 0. The zero-order valence-corrected chi connectivity index (χ0v) is 8.53. The Morgan fingerprint density at radius 2 is 1.93 bits per heavy atom. The van der Waals surface area contributed by atoms with E-state index < -0.39 is 11.0 Å². The predicted molar refractivity (Wildman–Crippen MR) is 55.7 cm³/mol. The highest BCUT2D eigenvalue weighted by Crippen LogP contribution is 2.12. The lowest BCUT2D eigenvalue weighted by atomic mass is 10.1. The van der Waals surface area contributed by atoms with E-state index in [1.165, 1.54) is 12.1 Å². The number of non-ortho nitro benzene ring substituents is 1. The molecule has 1 aromatic rings. The zero-order valence-electron chi connectivity index (χ0n) is 7.71. The predicted octanol–water partition coefficient (Wildman–Crippen LogP) is 1.94. The van der Waals surface area contributed by atoms with Gasteiger partial charge in [-0.25, -0.2) is 0 Å². The molecule has 0 fully saturated rings. The van der Waals surface area contributed by atoms with Crippen molar-refractivity contribution in [1.29, 1.82) is 0 Å². The number of hydrogen-bond donors (Lipinski definition) is 1. The summed E-state index contributed by atoms with van der Waals surface area (Å²) in [5, 5.41) is 19.3. The van der Waals surface area contributed by atoms with Gasteiger partial charge in [0.25, 0.3) is 5.69 Å². The molecule has 0 aliphatic rings. The Balaban J connectivity index is 0.00000169. The standard InChI is InChI=1S/C9H11NO3.ClH/c1-7(11)6-8-2-4-9(5-3-8)10(12)13;/h2-5,7,11H,6H2,1H3;1H. The molecule has 78 valence electrons. The minimum absolute atomic E-state index is 0. The molecule has 0 bridgehead atoms. The van der Waals surface area contributed by atoms with Crippen LogP contribution in [0.5, 0.6) is 0 Å². The highest BCUT2D eigenvalue weighted by molar-refractivity contribution is 5.85. The fraction of sp³-hybridized carbons (Fsp3) is 0.333. The molecule has 0 aliphatic carbocycles. The first kappa shape index (κ1) is 12.9. The minimum atomic E-state index is -0.438. The monoisotopic (exact) mass is 217 g/mol. The van der Waals surface area contributed by atoms with Crippen LogP contribution in [0.4, 0.5) is 5.69 Å². The van der Waals surface area contributed by atoms with Crippen LogP contribution in [0.3, 0.4) is 0 Å². The van der Waals surface area contributed by atoms with Crippen molar-refractivity contribution in [2.45, 2.75) is 19.4 Å². The van der Waals surface area contributed by atoms with Crippen molar-refractivity contribution >= 4 is 18.1 Å². The normalized spacial score (nSPS) is 11.6. The Bertz CT molecular complexity index is 297. The largest absolute Gasteiger partial charge is 0.393 e. The van der Waals surface area contributed by atoms with Gasteiger partial charge in [0.15, 0.2) is 0 Å². The molecule has 0 saturated carbocycles. The SMILES string of the molecule is CC(O)Cc1ccc([N+](=O)[O-])cc1.Cl. The van der Waals surface area contributed by atoms with Gasteiger partial charge in [0.05, 0.1) is 11.0 Å². The number of benzene rings is 1. The number of aliphatic hydroxyl groups is 1. The number of hydrogen-bond acceptors (Lipinski definition) is 3. The Morgan fingerprint density at radius 1 is 1.43 bits per heavy atom. The molecule has 0 saturated heterocycles. The third-order valence-corrected chi connectivity index (χ3v) is 1.68. The van der Waals surface area contributed by atoms with Crippen LogP contribution in [-0.4, -0.2) is 16.1 Å². The third-order valence-electron chi connectivity index (χ3n) is 1.68. The first-order valence-electron chi connectivity index (χ1n) is 4.01. The zero-order chi connectivity index (χ0) is 9.84. The van der Waals surface area contributed by atoms with Crippen LogP contribution in [0.15, 0.2) is 24.3 Å². The molecule has 0 heterocycles. The first-order chi connectivity index (χ1) is 6.09. The number of aliphatic hydroxyl groups excluding tert-OH is 1. The van der Waals surface area contributed by atoms with Crippen LogP contribution >= 0.6 is 12.4 Å². The molecule has 1 N–H and O–H groups in total. The third kappa shape index (κ3) is 3.72. The van der Waals surface area contributed by atoms with E-state index in [0.29, 0.717) is 6.42 Å². The Morgan fingerprint density at radius 3 is 2.29 bits per heavy atom. The lowest BCUT2D eigenvalue weighted by Gasteiger charge is -2.02. The van der Waals surface area contributed by atoms with E-state index in [1.54, 1.807) is 19.1 Å². The van der Waals surface area contributed by atoms with Crippen molar-refractivity contribution in [3.8, 4) is 0 Å². The van der Waals surface area contributed by atoms with E-state index in [1.807, 2.05) is 0 Å². The molecule has 1 rings (SSSR count). The second kappa shape index (κ2) is 5.57. The molecule has 1 unspecified atom stereocenters. The minimum Gasteiger partial charge on any atom is -0.393 e. The summed E-state index contributed by atoms with van der Waals surface area (Å²) in [5.41, 5.74) is 0.981. The highest BCUT2D eigenvalue weighted by Gasteiger charge is 2.04. The molecular weight excluding hydrogens is 206 g/mol. The van der Waals surface area contributed by atoms with Gasteiger partial charge in [0, 0.05) is 12.1 Å². The van der Waals surface area contributed by atoms with E-state index >= 15 is 0 Å². The Labute approximate surface area is 88.1 Å². The molecule has 14 heavy (non-hydrogen) atoms. The van der Waals surface area contributed by atoms with E-state index in [-0.39, 0.29) is 18.1 Å². The van der Waals surface area contributed by atoms with E-state index in [0.717, 1.165) is 5.56 Å². The van der Waals surface area contributed by atoms with Crippen molar-refractivity contribution < 1.29 is 10.0 Å². The van der Waals surface area contributed by atoms with Gasteiger partial charge in [-0.05, 0) is 18.9 Å². The van der Waals surface area contributed by atoms with Crippen LogP contribution in [0.2, 0.25) is 0 Å². The van der Waals surface area contributed by atoms with Gasteiger partial charge in [-0.2, -0.15) is 0 Å². The maximum Gasteiger partial charge on any atom is 0.269 e. The smallest absolute Gasteiger partial charge is 0.269 e. The molecule has 1 atom stereocenters. The van der Waals surface area contributed by atoms with Gasteiger partial charge in [-0.15, -0.1) is 12.4 Å². The van der Waals surface area contributed by atoms with Crippen molar-refractivity contribution in [1.82, 2.24) is 0 Å². The first-order valence-corrected chi connectivity index (χ1v) is 4.01. The molecule has 1 aromatic carbocycles. The quantitative estimate of drug-likeness (QED) is 0.622. The van der Waals surface area contributed by atoms with E-state index in [4.69, 9.17) is 5.11 Å². The molecule has 0 radical (unpaired) electrons. The van der Waals surface area contributed by atoms with Gasteiger partial charge in [-0.3, -0.25) is 10.1 Å². The van der Waals surface area contributed by atoms with Gasteiger partial charge in [-0.1, -0.05) is 12.1 Å². The van der Waals surface area contributed by atoms with Crippen molar-refractivity contribution in [2.75, 3.05) is 0 Å². The molecule has 0 spiro atoms. The summed E-state index contributed by atoms with van der Waals surface area (Å²) in [6.45, 7) is 1.68. The second-order valence-corrected chi connectivity index (χ2v) is 2.98. The maximum absolute atomic E-state index is 10.3. The van der Waals surface area contributed by atoms with E-state index in [9.17, 15) is 10.1 Å². The average Bonchev–Trinajstić information content (AvgIpc) is 2.04. The molecular formula is C9H12ClNO3. The van der Waals surface area contributed by atoms with E-state index in [2.05, 4.69) is 0 Å². The van der Waals surface area contributed by atoms with Crippen LogP contribution in [0.1, 0.15) is 12.5 Å². The topological polar surface area (TPSA) is 63.4 Å². The fourth-order valence-corrected chi connectivity index (χ4v) is 1.09. The number of nitro groups is 1. The number of nitrogens with zero attached hydrogens (tertiary/aromatic N) is 1. The fourth-order valence-electron chi connectivity index (χ4n) is 1.09. The molecule has 0 aliphatic heterocycles. The van der Waals surface area contributed by atoms with Crippen LogP contribution < -0.4 is 0 Å². The van der Waals surface area contributed by atoms with Gasteiger partial charge in [0.2, 0.25) is 0 Å². The Hall–Kier alpha value is -1.13. The van der Waals surface area contributed by atoms with Gasteiger partial charge in [0.1, 0.15) is 0 Å². The van der Waals surface area contributed by atoms with Crippen molar-refractivity contribution in [3.05, 3.63) is 39.9 Å². The molecule has 4 nitrogen and oxygen atoms in total. The van der Waals surface area contributed by atoms with Crippen LogP contribution in [0.25, 0.3) is 0 Å². The summed E-state index contributed by atoms with van der Waals surface area (Å²) in [4.78, 5) is 9.85. The molecule has 0 aromatic heterocycles. The summed E-state index contributed by atoms with van der Waals surface area (Å²) in [6, 6.07) is 6.20. The van der Waals surface area contributed by atoms with Gasteiger partial charge >= 0.3 is 0 Å². The average molecular weight is 218 g/mol. The van der Waals surface area contributed by atoms with Crippen LogP contribution in [0, 0.1) is 10.1 Å². The molecule has 0 amide bonds. The Kier molecular flexibility index (Phi) is 5.12. The summed E-state index contributed by atoms with van der Waals surface area (Å²) in [5.74, 6) is 0. The summed E-state index contributed by atoms with van der Waals surface area (Å²) < 4.78 is 0. The number of rotatable bonds is 3.